The highest BCUT2D eigenvalue weighted by Crippen LogP contribution is 2.28. The van der Waals surface area contributed by atoms with Crippen molar-refractivity contribution in [3.05, 3.63) is 71.7 Å². The number of carbonyl (C=O) groups is 2. The van der Waals surface area contributed by atoms with Crippen LogP contribution in [0.4, 0.5) is 0 Å². The van der Waals surface area contributed by atoms with Crippen LogP contribution in [0.1, 0.15) is 33.3 Å². The number of fused-ring (bicyclic) bond motifs is 2. The Morgan fingerprint density at radius 1 is 1.13 bits per heavy atom. The van der Waals surface area contributed by atoms with Gasteiger partial charge in [0.05, 0.1) is 22.9 Å². The number of furan rings is 1. The van der Waals surface area contributed by atoms with Gasteiger partial charge < -0.3 is 18.7 Å². The van der Waals surface area contributed by atoms with Crippen molar-refractivity contribution in [2.24, 2.45) is 0 Å². The molecule has 1 unspecified atom stereocenters. The number of aryl methyl sites for hydroxylation is 1. The molecule has 0 amide bonds. The van der Waals surface area contributed by atoms with E-state index in [1.54, 1.807) is 38.2 Å². The third-order valence-corrected chi connectivity index (χ3v) is 5.12. The highest BCUT2D eigenvalue weighted by atomic mass is 16.5. The number of ether oxygens (including phenoxy) is 1. The Morgan fingerprint density at radius 3 is 2.77 bits per heavy atom. The summed E-state index contributed by atoms with van der Waals surface area (Å²) >= 11 is 0. The number of para-hydroxylation sites is 1. The largest absolute Gasteiger partial charge is 0.463 e. The maximum absolute atomic E-state index is 13.1. The number of pyridine rings is 1. The molecule has 0 aliphatic rings. The van der Waals surface area contributed by atoms with Crippen LogP contribution in [0.25, 0.3) is 33.5 Å². The van der Waals surface area contributed by atoms with Gasteiger partial charge in [0.25, 0.3) is 5.71 Å². The van der Waals surface area contributed by atoms with Gasteiger partial charge in [0.2, 0.25) is 5.78 Å². The zero-order valence-corrected chi connectivity index (χ0v) is 16.7. The topological polar surface area (TPSA) is 111 Å². The molecule has 0 bridgehead atoms. The number of nitrogens with one attached hydrogen (secondary N) is 1. The molecule has 0 aliphatic heterocycles. The van der Waals surface area contributed by atoms with Crippen molar-refractivity contribution < 1.29 is 23.3 Å². The molecule has 1 aromatic carbocycles. The SMILES string of the molecule is Cc1noc2nc(-c3ccco3)cc(C(=O)OC(C)C(=O)c3c[nH]c4ccccc34)c12. The van der Waals surface area contributed by atoms with E-state index in [0.29, 0.717) is 28.1 Å². The Morgan fingerprint density at radius 2 is 1.97 bits per heavy atom. The van der Waals surface area contributed by atoms with Crippen LogP contribution in [0.5, 0.6) is 0 Å². The molecule has 8 heteroatoms. The van der Waals surface area contributed by atoms with Gasteiger partial charge in [-0.2, -0.15) is 0 Å². The lowest BCUT2D eigenvalue weighted by molar-refractivity contribution is 0.0321. The van der Waals surface area contributed by atoms with E-state index in [0.717, 1.165) is 10.9 Å². The molecule has 31 heavy (non-hydrogen) atoms. The van der Waals surface area contributed by atoms with Gasteiger partial charge in [-0.15, -0.1) is 0 Å². The number of carbonyl (C=O) groups excluding carboxylic acids is 2. The van der Waals surface area contributed by atoms with E-state index in [2.05, 4.69) is 15.1 Å². The number of aromatic nitrogens is 3. The monoisotopic (exact) mass is 415 g/mol. The second-order valence-corrected chi connectivity index (χ2v) is 7.14. The molecule has 1 N–H and O–H groups in total. The van der Waals surface area contributed by atoms with E-state index in [4.69, 9.17) is 13.7 Å². The number of rotatable bonds is 5. The van der Waals surface area contributed by atoms with Gasteiger partial charge in [0.15, 0.2) is 11.9 Å². The molecular weight excluding hydrogens is 398 g/mol. The third kappa shape index (κ3) is 3.18. The average Bonchev–Trinajstić information content (AvgIpc) is 3.52. The Labute approximate surface area is 175 Å². The van der Waals surface area contributed by atoms with Crippen molar-refractivity contribution in [3.63, 3.8) is 0 Å². The van der Waals surface area contributed by atoms with Crippen LogP contribution < -0.4 is 0 Å². The minimum atomic E-state index is -0.998. The molecule has 0 spiro atoms. The maximum Gasteiger partial charge on any atom is 0.339 e. The molecule has 154 valence electrons. The maximum atomic E-state index is 13.1. The number of benzene rings is 1. The standard InChI is InChI=1S/C23H17N3O5/c1-12-20-15(10-18(19-8-5-9-29-19)25-22(20)31-26-12)23(28)30-13(2)21(27)16-11-24-17-7-4-3-6-14(16)17/h3-11,13,24H,1-2H3. The lowest BCUT2D eigenvalue weighted by Crippen LogP contribution is -2.24. The average molecular weight is 415 g/mol. The molecule has 4 aromatic heterocycles. The van der Waals surface area contributed by atoms with Crippen LogP contribution >= 0.6 is 0 Å². The molecule has 0 saturated carbocycles. The minimum Gasteiger partial charge on any atom is -0.463 e. The van der Waals surface area contributed by atoms with Crippen LogP contribution in [-0.4, -0.2) is 33.0 Å². The minimum absolute atomic E-state index is 0.189. The molecule has 1 atom stereocenters. The Hall–Kier alpha value is -4.20. The van der Waals surface area contributed by atoms with Crippen molar-refractivity contribution in [1.29, 1.82) is 0 Å². The van der Waals surface area contributed by atoms with Gasteiger partial charge in [-0.3, -0.25) is 4.79 Å². The van der Waals surface area contributed by atoms with E-state index < -0.39 is 12.1 Å². The van der Waals surface area contributed by atoms with Gasteiger partial charge in [0, 0.05) is 22.7 Å². The summed E-state index contributed by atoms with van der Waals surface area (Å²) in [6.07, 6.45) is 2.13. The van der Waals surface area contributed by atoms with Crippen molar-refractivity contribution in [2.75, 3.05) is 0 Å². The van der Waals surface area contributed by atoms with E-state index in [-0.39, 0.29) is 17.1 Å². The normalized spacial score (nSPS) is 12.3. The predicted octanol–water partition coefficient (Wildman–Crippen LogP) is 4.70. The summed E-state index contributed by atoms with van der Waals surface area (Å²) in [5.41, 5.74) is 2.59. The van der Waals surface area contributed by atoms with Crippen molar-refractivity contribution in [2.45, 2.75) is 20.0 Å². The van der Waals surface area contributed by atoms with Crippen molar-refractivity contribution >= 4 is 33.8 Å². The first-order chi connectivity index (χ1) is 15.0. The zero-order chi connectivity index (χ0) is 21.5. The van der Waals surface area contributed by atoms with Crippen molar-refractivity contribution in [3.8, 4) is 11.5 Å². The number of H-pyrrole nitrogens is 1. The lowest BCUT2D eigenvalue weighted by atomic mass is 10.1. The number of esters is 1. The van der Waals surface area contributed by atoms with E-state index in [1.165, 1.54) is 6.26 Å². The zero-order valence-electron chi connectivity index (χ0n) is 16.7. The smallest absolute Gasteiger partial charge is 0.339 e. The van der Waals surface area contributed by atoms with Gasteiger partial charge in [-0.05, 0) is 38.1 Å². The van der Waals surface area contributed by atoms with Crippen LogP contribution in [0.3, 0.4) is 0 Å². The van der Waals surface area contributed by atoms with Crippen molar-refractivity contribution in [1.82, 2.24) is 15.1 Å². The summed E-state index contributed by atoms with van der Waals surface area (Å²) in [5.74, 6) is -0.510. The molecular formula is C23H17N3O5. The Balaban J connectivity index is 1.48. The lowest BCUT2D eigenvalue weighted by Gasteiger charge is -2.13. The fourth-order valence-corrected chi connectivity index (χ4v) is 3.58. The highest BCUT2D eigenvalue weighted by molar-refractivity contribution is 6.11. The summed E-state index contributed by atoms with van der Waals surface area (Å²) in [6, 6.07) is 12.4. The van der Waals surface area contributed by atoms with Crippen LogP contribution in [0.15, 0.2) is 63.9 Å². The van der Waals surface area contributed by atoms with Crippen LogP contribution in [0, 0.1) is 6.92 Å². The second-order valence-electron chi connectivity index (χ2n) is 7.14. The summed E-state index contributed by atoms with van der Waals surface area (Å²) < 4.78 is 16.2. The number of hydrogen-bond acceptors (Lipinski definition) is 7. The summed E-state index contributed by atoms with van der Waals surface area (Å²) in [7, 11) is 0. The fourth-order valence-electron chi connectivity index (χ4n) is 3.58. The molecule has 8 nitrogen and oxygen atoms in total. The highest BCUT2D eigenvalue weighted by Gasteiger charge is 2.26. The van der Waals surface area contributed by atoms with Gasteiger partial charge in [0.1, 0.15) is 5.69 Å². The van der Waals surface area contributed by atoms with Gasteiger partial charge in [-0.1, -0.05) is 23.4 Å². The number of aromatic amines is 1. The quantitative estimate of drug-likeness (QED) is 0.327. The van der Waals surface area contributed by atoms with E-state index in [9.17, 15) is 9.59 Å². The first-order valence-corrected chi connectivity index (χ1v) is 9.65. The molecule has 0 fully saturated rings. The van der Waals surface area contributed by atoms with Gasteiger partial charge >= 0.3 is 5.97 Å². The van der Waals surface area contributed by atoms with E-state index in [1.807, 2.05) is 24.3 Å². The Kier molecular flexibility index (Phi) is 4.39. The molecule has 4 heterocycles. The van der Waals surface area contributed by atoms with Crippen LogP contribution in [-0.2, 0) is 4.74 Å². The molecule has 0 radical (unpaired) electrons. The number of ketones is 1. The fraction of sp³-hybridized carbons (Fsp3) is 0.130. The summed E-state index contributed by atoms with van der Waals surface area (Å²) in [4.78, 5) is 33.5. The predicted molar refractivity (Wildman–Crippen MR) is 112 cm³/mol. The Bertz CT molecular complexity index is 1430. The van der Waals surface area contributed by atoms with E-state index >= 15 is 0 Å². The van der Waals surface area contributed by atoms with Crippen LogP contribution in [0.2, 0.25) is 0 Å². The molecule has 5 aromatic rings. The molecule has 0 aliphatic carbocycles. The second kappa shape index (κ2) is 7.24. The summed E-state index contributed by atoms with van der Waals surface area (Å²) in [6.45, 7) is 3.26. The first kappa shape index (κ1) is 18.8. The summed E-state index contributed by atoms with van der Waals surface area (Å²) in [5, 5.41) is 5.12. The van der Waals surface area contributed by atoms with Gasteiger partial charge in [-0.25, -0.2) is 9.78 Å². The number of Topliss-reactive ketones (excluding diaryl/α,β-unsaturated/α-hetero) is 1. The third-order valence-electron chi connectivity index (χ3n) is 5.12. The number of nitrogens with zero attached hydrogens (tertiary/aromatic N) is 2. The first-order valence-electron chi connectivity index (χ1n) is 9.65. The molecule has 0 saturated heterocycles. The molecule has 5 rings (SSSR count). The number of hydrogen-bond donors (Lipinski definition) is 1.